The van der Waals surface area contributed by atoms with Crippen molar-refractivity contribution in [1.82, 2.24) is 0 Å². The Morgan fingerprint density at radius 3 is 3.00 bits per heavy atom. The summed E-state index contributed by atoms with van der Waals surface area (Å²) in [5, 5.41) is 0. The minimum atomic E-state index is 1.07. The van der Waals surface area contributed by atoms with Crippen molar-refractivity contribution >= 4 is 17.0 Å². The van der Waals surface area contributed by atoms with Crippen LogP contribution in [-0.2, 0) is 6.42 Å². The maximum Gasteiger partial charge on any atom is 0.0553 e. The average molecular weight is 191 g/mol. The molecule has 0 unspecified atom stereocenters. The number of rotatable bonds is 1. The van der Waals surface area contributed by atoms with Crippen LogP contribution in [0.5, 0.6) is 0 Å². The van der Waals surface area contributed by atoms with Crippen LogP contribution in [0.1, 0.15) is 16.7 Å². The van der Waals surface area contributed by atoms with Crippen molar-refractivity contribution in [2.75, 3.05) is 11.9 Å². The molecule has 1 aromatic heterocycles. The molecule has 1 aromatic rings. The first-order valence-corrected chi connectivity index (χ1v) is 5.23. The van der Waals surface area contributed by atoms with Crippen LogP contribution in [0.4, 0.5) is 5.69 Å². The first-order valence-electron chi connectivity index (χ1n) is 4.41. The number of hydrogen-bond donors (Lipinski definition) is 0. The zero-order chi connectivity index (χ0) is 9.42. The molecule has 2 heteroatoms. The van der Waals surface area contributed by atoms with E-state index in [0.717, 1.165) is 6.42 Å². The highest BCUT2D eigenvalue weighted by Gasteiger charge is 2.22. The third-order valence-corrected chi connectivity index (χ3v) is 3.39. The minimum Gasteiger partial charge on any atom is -0.347 e. The van der Waals surface area contributed by atoms with Crippen molar-refractivity contribution in [3.05, 3.63) is 34.0 Å². The van der Waals surface area contributed by atoms with Crippen LogP contribution in [0.15, 0.2) is 17.8 Å². The summed E-state index contributed by atoms with van der Waals surface area (Å²) in [6, 6.07) is 2.26. The quantitative estimate of drug-likeness (QED) is 0.659. The highest BCUT2D eigenvalue weighted by Crippen LogP contribution is 2.39. The number of allylic oxidation sites excluding steroid dienone is 2. The van der Waals surface area contributed by atoms with Gasteiger partial charge in [0.15, 0.2) is 0 Å². The van der Waals surface area contributed by atoms with Crippen molar-refractivity contribution in [3.8, 4) is 0 Å². The van der Waals surface area contributed by atoms with Gasteiger partial charge in [-0.1, -0.05) is 13.0 Å². The molecule has 0 spiro atoms. The molecule has 13 heavy (non-hydrogen) atoms. The van der Waals surface area contributed by atoms with Crippen LogP contribution in [0, 0.1) is 13.3 Å². The zero-order valence-corrected chi connectivity index (χ0v) is 9.03. The lowest BCUT2D eigenvalue weighted by atomic mass is 10.3. The molecule has 0 saturated heterocycles. The number of anilines is 1. The molecule has 2 heterocycles. The van der Waals surface area contributed by atoms with E-state index in [1.807, 2.05) is 18.3 Å². The predicted octanol–water partition coefficient (Wildman–Crippen LogP) is 3.03. The van der Waals surface area contributed by atoms with Gasteiger partial charge in [0.2, 0.25) is 0 Å². The van der Waals surface area contributed by atoms with Gasteiger partial charge in [-0.15, -0.1) is 11.3 Å². The third-order valence-electron chi connectivity index (χ3n) is 2.35. The Bertz CT molecular complexity index is 349. The fourth-order valence-electron chi connectivity index (χ4n) is 1.71. The van der Waals surface area contributed by atoms with Crippen LogP contribution in [0.2, 0.25) is 0 Å². The number of nitrogens with zero attached hydrogens (tertiary/aromatic N) is 1. The topological polar surface area (TPSA) is 3.24 Å². The van der Waals surface area contributed by atoms with Gasteiger partial charge in [-0.25, -0.2) is 0 Å². The average Bonchev–Trinajstić information content (AvgIpc) is 2.54. The summed E-state index contributed by atoms with van der Waals surface area (Å²) in [5.74, 6) is 0. The second-order valence-electron chi connectivity index (χ2n) is 3.33. The maximum atomic E-state index is 3.08. The van der Waals surface area contributed by atoms with Crippen LogP contribution in [0.25, 0.3) is 0 Å². The van der Waals surface area contributed by atoms with Crippen molar-refractivity contribution in [1.29, 1.82) is 0 Å². The molecule has 1 aliphatic rings. The molecule has 68 valence electrons. The molecule has 2 radical (unpaired) electrons. The Morgan fingerprint density at radius 1 is 1.62 bits per heavy atom. The Kier molecular flexibility index (Phi) is 2.16. The van der Waals surface area contributed by atoms with E-state index < -0.39 is 0 Å². The van der Waals surface area contributed by atoms with Gasteiger partial charge in [0.25, 0.3) is 0 Å². The first-order chi connectivity index (χ1) is 6.22. The van der Waals surface area contributed by atoms with E-state index in [9.17, 15) is 0 Å². The summed E-state index contributed by atoms with van der Waals surface area (Å²) in [6.07, 6.45) is 6.23. The number of likely N-dealkylation sites (N-methyl/N-ethyl adjacent to an activating group) is 1. The van der Waals surface area contributed by atoms with E-state index >= 15 is 0 Å². The maximum absolute atomic E-state index is 3.08. The predicted molar refractivity (Wildman–Crippen MR) is 58.2 cm³/mol. The van der Waals surface area contributed by atoms with E-state index in [-0.39, 0.29) is 0 Å². The molecule has 0 atom stereocenters. The van der Waals surface area contributed by atoms with Crippen molar-refractivity contribution < 1.29 is 0 Å². The molecule has 0 aromatic carbocycles. The monoisotopic (exact) mass is 191 g/mol. The Morgan fingerprint density at radius 2 is 2.38 bits per heavy atom. The van der Waals surface area contributed by atoms with Crippen LogP contribution in [0.3, 0.4) is 0 Å². The Hall–Kier alpha value is -0.760. The number of fused-ring (bicyclic) bond motifs is 1. The van der Waals surface area contributed by atoms with Gasteiger partial charge >= 0.3 is 0 Å². The SMILES string of the molecule is C[C]/C=C1\Cc2sc(C)cc2N1C. The van der Waals surface area contributed by atoms with E-state index in [1.165, 1.54) is 21.1 Å². The fourth-order valence-corrected chi connectivity index (χ4v) is 2.79. The summed E-state index contributed by atoms with van der Waals surface area (Å²) < 4.78 is 0. The molecule has 0 aliphatic carbocycles. The standard InChI is InChI=1S/C11H13NS/c1-4-5-9-7-11-10(12(9)3)6-8(2)13-11/h5-6H,7H2,1-3H3/b9-5+. The second kappa shape index (κ2) is 3.18. The van der Waals surface area contributed by atoms with Gasteiger partial charge in [0, 0.05) is 35.3 Å². The molecule has 0 saturated carbocycles. The van der Waals surface area contributed by atoms with Crippen LogP contribution < -0.4 is 4.90 Å². The number of aryl methyl sites for hydroxylation is 1. The van der Waals surface area contributed by atoms with E-state index in [2.05, 4.69) is 37.4 Å². The van der Waals surface area contributed by atoms with Gasteiger partial charge in [0.1, 0.15) is 0 Å². The molecule has 1 nitrogen and oxygen atoms in total. The number of thiophene rings is 1. The van der Waals surface area contributed by atoms with Gasteiger partial charge in [-0.3, -0.25) is 0 Å². The normalized spacial score (nSPS) is 18.4. The molecule has 1 aliphatic heterocycles. The van der Waals surface area contributed by atoms with Crippen molar-refractivity contribution in [2.24, 2.45) is 0 Å². The summed E-state index contributed by atoms with van der Waals surface area (Å²) in [6.45, 7) is 4.11. The van der Waals surface area contributed by atoms with Gasteiger partial charge < -0.3 is 4.90 Å². The van der Waals surface area contributed by atoms with Gasteiger partial charge in [-0.2, -0.15) is 0 Å². The summed E-state index contributed by atoms with van der Waals surface area (Å²) >= 11 is 1.90. The zero-order valence-electron chi connectivity index (χ0n) is 8.22. The summed E-state index contributed by atoms with van der Waals surface area (Å²) in [5.41, 5.74) is 2.73. The van der Waals surface area contributed by atoms with E-state index in [1.54, 1.807) is 0 Å². The molecule has 2 rings (SSSR count). The Labute approximate surface area is 83.7 Å². The van der Waals surface area contributed by atoms with Gasteiger partial charge in [-0.05, 0) is 13.0 Å². The highest BCUT2D eigenvalue weighted by molar-refractivity contribution is 7.12. The fraction of sp³-hybridized carbons (Fsp3) is 0.364. The lowest BCUT2D eigenvalue weighted by Crippen LogP contribution is -2.10. The molecular formula is C11H13NS. The molecule has 0 N–H and O–H groups in total. The Balaban J connectivity index is 2.34. The van der Waals surface area contributed by atoms with Crippen LogP contribution >= 0.6 is 11.3 Å². The van der Waals surface area contributed by atoms with Crippen LogP contribution in [-0.4, -0.2) is 7.05 Å². The van der Waals surface area contributed by atoms with Crippen molar-refractivity contribution in [3.63, 3.8) is 0 Å². The molecular weight excluding hydrogens is 178 g/mol. The molecule has 0 bridgehead atoms. The molecule has 0 amide bonds. The smallest absolute Gasteiger partial charge is 0.0553 e. The lowest BCUT2D eigenvalue weighted by molar-refractivity contribution is 1.09. The van der Waals surface area contributed by atoms with Gasteiger partial charge in [0.05, 0.1) is 5.69 Å². The molecule has 0 fully saturated rings. The first kappa shape index (κ1) is 8.82. The largest absolute Gasteiger partial charge is 0.347 e. The third kappa shape index (κ3) is 1.39. The number of hydrogen-bond acceptors (Lipinski definition) is 2. The second-order valence-corrected chi connectivity index (χ2v) is 4.67. The lowest BCUT2D eigenvalue weighted by Gasteiger charge is -2.13. The van der Waals surface area contributed by atoms with E-state index in [4.69, 9.17) is 0 Å². The highest BCUT2D eigenvalue weighted by atomic mass is 32.1. The van der Waals surface area contributed by atoms with E-state index in [0.29, 0.717) is 0 Å². The summed E-state index contributed by atoms with van der Waals surface area (Å²) in [7, 11) is 2.13. The van der Waals surface area contributed by atoms with Crippen molar-refractivity contribution in [2.45, 2.75) is 20.3 Å². The summed E-state index contributed by atoms with van der Waals surface area (Å²) in [4.78, 5) is 5.15. The minimum absolute atomic E-state index is 1.07.